The van der Waals surface area contributed by atoms with Gasteiger partial charge in [-0.3, -0.25) is 0 Å². The number of rotatable bonds is 3. The number of carboxylic acids is 1. The van der Waals surface area contributed by atoms with Crippen molar-refractivity contribution in [1.29, 1.82) is 0 Å². The van der Waals surface area contributed by atoms with Crippen LogP contribution in [0.4, 0.5) is 0 Å². The number of aromatic nitrogens is 2. The lowest BCUT2D eigenvalue weighted by atomic mass is 10.3. The van der Waals surface area contributed by atoms with E-state index in [-0.39, 0.29) is 11.4 Å². The lowest BCUT2D eigenvalue weighted by Gasteiger charge is -2.06. The number of carbonyl (C=O) groups is 1. The second-order valence-electron chi connectivity index (χ2n) is 3.37. The van der Waals surface area contributed by atoms with Gasteiger partial charge < -0.3 is 9.84 Å². The van der Waals surface area contributed by atoms with Crippen molar-refractivity contribution in [1.82, 2.24) is 9.97 Å². The smallest absolute Gasteiger partial charge is 0.358 e. The summed E-state index contributed by atoms with van der Waals surface area (Å²) in [6, 6.07) is 8.42. The molecule has 5 nitrogen and oxygen atoms in total. The molecule has 17 heavy (non-hydrogen) atoms. The Kier molecular flexibility index (Phi) is 3.00. The van der Waals surface area contributed by atoms with Crippen LogP contribution in [0.25, 0.3) is 0 Å². The number of ether oxygens (including phenoxy) is 1. The maximum absolute atomic E-state index is 10.9. The number of pyridine rings is 2. The summed E-state index contributed by atoms with van der Waals surface area (Å²) in [6.45, 7) is 1.83. The summed E-state index contributed by atoms with van der Waals surface area (Å²) in [5.41, 5.74) is 0.666. The van der Waals surface area contributed by atoms with Crippen molar-refractivity contribution in [3.8, 4) is 11.6 Å². The first-order valence-corrected chi connectivity index (χ1v) is 4.96. The number of nitrogens with zero attached hydrogens (tertiary/aromatic N) is 2. The van der Waals surface area contributed by atoms with Gasteiger partial charge in [-0.05, 0) is 25.1 Å². The first-order valence-electron chi connectivity index (χ1n) is 4.96. The monoisotopic (exact) mass is 230 g/mol. The standard InChI is InChI=1S/C12H10N2O3/c1-8-4-2-6-10(14-8)17-9-5-3-7-13-11(9)12(15)16/h2-7H,1H3,(H,15,16). The van der Waals surface area contributed by atoms with Crippen LogP contribution in [0, 0.1) is 6.92 Å². The summed E-state index contributed by atoms with van der Waals surface area (Å²) in [5.74, 6) is -0.605. The SMILES string of the molecule is Cc1cccc(Oc2cccnc2C(=O)O)n1. The molecular formula is C12H10N2O3. The van der Waals surface area contributed by atoms with Crippen LogP contribution in [0.2, 0.25) is 0 Å². The number of hydrogen-bond acceptors (Lipinski definition) is 4. The van der Waals surface area contributed by atoms with E-state index < -0.39 is 5.97 Å². The predicted octanol–water partition coefficient (Wildman–Crippen LogP) is 2.28. The summed E-state index contributed by atoms with van der Waals surface area (Å²) in [6.07, 6.45) is 1.40. The van der Waals surface area contributed by atoms with Crippen molar-refractivity contribution in [2.24, 2.45) is 0 Å². The Morgan fingerprint density at radius 2 is 2.12 bits per heavy atom. The van der Waals surface area contributed by atoms with E-state index in [9.17, 15) is 4.79 Å². The molecule has 2 aromatic heterocycles. The minimum Gasteiger partial charge on any atom is -0.476 e. The third-order valence-corrected chi connectivity index (χ3v) is 2.05. The van der Waals surface area contributed by atoms with E-state index in [1.54, 1.807) is 24.3 Å². The molecule has 0 atom stereocenters. The van der Waals surface area contributed by atoms with Gasteiger partial charge >= 0.3 is 5.97 Å². The molecule has 0 aliphatic rings. The van der Waals surface area contributed by atoms with E-state index in [0.717, 1.165) is 5.69 Å². The van der Waals surface area contributed by atoms with Gasteiger partial charge in [0.05, 0.1) is 0 Å². The average molecular weight is 230 g/mol. The van der Waals surface area contributed by atoms with Crippen molar-refractivity contribution in [2.45, 2.75) is 6.92 Å². The zero-order chi connectivity index (χ0) is 12.3. The molecule has 0 bridgehead atoms. The van der Waals surface area contributed by atoms with Gasteiger partial charge in [0.1, 0.15) is 0 Å². The normalized spacial score (nSPS) is 9.94. The first kappa shape index (κ1) is 11.1. The van der Waals surface area contributed by atoms with E-state index in [1.807, 2.05) is 13.0 Å². The quantitative estimate of drug-likeness (QED) is 0.875. The summed E-state index contributed by atoms with van der Waals surface area (Å²) in [4.78, 5) is 18.8. The van der Waals surface area contributed by atoms with Crippen LogP contribution in [-0.4, -0.2) is 21.0 Å². The topological polar surface area (TPSA) is 72.3 Å². The molecule has 2 heterocycles. The highest BCUT2D eigenvalue weighted by Gasteiger charge is 2.13. The highest BCUT2D eigenvalue weighted by molar-refractivity contribution is 5.88. The molecule has 0 amide bonds. The molecule has 0 saturated heterocycles. The molecule has 0 spiro atoms. The van der Waals surface area contributed by atoms with Crippen LogP contribution in [0.5, 0.6) is 11.6 Å². The van der Waals surface area contributed by atoms with Crippen molar-refractivity contribution in [3.05, 3.63) is 47.9 Å². The fraction of sp³-hybridized carbons (Fsp3) is 0.0833. The fourth-order valence-corrected chi connectivity index (χ4v) is 1.32. The number of carboxylic acid groups (broad SMARTS) is 1. The molecule has 2 rings (SSSR count). The Hall–Kier alpha value is -2.43. The molecule has 5 heteroatoms. The van der Waals surface area contributed by atoms with E-state index in [2.05, 4.69) is 9.97 Å². The Balaban J connectivity index is 2.33. The van der Waals surface area contributed by atoms with Crippen molar-refractivity contribution in [2.75, 3.05) is 0 Å². The van der Waals surface area contributed by atoms with Gasteiger partial charge in [0.2, 0.25) is 5.88 Å². The largest absolute Gasteiger partial charge is 0.476 e. The minimum absolute atomic E-state index is 0.129. The Morgan fingerprint density at radius 3 is 2.82 bits per heavy atom. The molecule has 2 aromatic rings. The van der Waals surface area contributed by atoms with Crippen LogP contribution < -0.4 is 4.74 Å². The van der Waals surface area contributed by atoms with Gasteiger partial charge in [0.15, 0.2) is 11.4 Å². The fourth-order valence-electron chi connectivity index (χ4n) is 1.32. The molecular weight excluding hydrogens is 220 g/mol. The van der Waals surface area contributed by atoms with Crippen molar-refractivity contribution < 1.29 is 14.6 Å². The molecule has 0 saturated carbocycles. The summed E-state index contributed by atoms with van der Waals surface area (Å²) >= 11 is 0. The average Bonchev–Trinajstić information content (AvgIpc) is 2.29. The number of hydrogen-bond donors (Lipinski definition) is 1. The Morgan fingerprint density at radius 1 is 1.29 bits per heavy atom. The van der Waals surface area contributed by atoms with E-state index >= 15 is 0 Å². The third kappa shape index (κ3) is 2.57. The van der Waals surface area contributed by atoms with Crippen LogP contribution in [0.1, 0.15) is 16.2 Å². The minimum atomic E-state index is -1.13. The second-order valence-corrected chi connectivity index (χ2v) is 3.37. The molecule has 0 aromatic carbocycles. The number of aromatic carboxylic acids is 1. The summed E-state index contributed by atoms with van der Waals surface area (Å²) < 4.78 is 5.40. The zero-order valence-corrected chi connectivity index (χ0v) is 9.12. The molecule has 0 radical (unpaired) electrons. The lowest BCUT2D eigenvalue weighted by molar-refractivity contribution is 0.0687. The van der Waals surface area contributed by atoms with E-state index in [1.165, 1.54) is 6.20 Å². The van der Waals surface area contributed by atoms with Gasteiger partial charge in [-0.1, -0.05) is 6.07 Å². The summed E-state index contributed by atoms with van der Waals surface area (Å²) in [5, 5.41) is 8.94. The maximum Gasteiger partial charge on any atom is 0.358 e. The molecule has 1 N–H and O–H groups in total. The number of aryl methyl sites for hydroxylation is 1. The molecule has 0 aliphatic carbocycles. The first-order chi connectivity index (χ1) is 8.16. The second kappa shape index (κ2) is 4.61. The van der Waals surface area contributed by atoms with Gasteiger partial charge in [0.25, 0.3) is 0 Å². The van der Waals surface area contributed by atoms with Gasteiger partial charge in [-0.25, -0.2) is 14.8 Å². The van der Waals surface area contributed by atoms with E-state index in [4.69, 9.17) is 9.84 Å². The van der Waals surface area contributed by atoms with Gasteiger partial charge in [-0.15, -0.1) is 0 Å². The molecule has 86 valence electrons. The Bertz CT molecular complexity index is 555. The van der Waals surface area contributed by atoms with Crippen LogP contribution in [0.15, 0.2) is 36.5 Å². The van der Waals surface area contributed by atoms with Crippen molar-refractivity contribution in [3.63, 3.8) is 0 Å². The Labute approximate surface area is 97.7 Å². The summed E-state index contributed by atoms with van der Waals surface area (Å²) in [7, 11) is 0. The molecule has 0 fully saturated rings. The van der Waals surface area contributed by atoms with Crippen molar-refractivity contribution >= 4 is 5.97 Å². The predicted molar refractivity (Wildman–Crippen MR) is 60.2 cm³/mol. The highest BCUT2D eigenvalue weighted by atomic mass is 16.5. The molecule has 0 unspecified atom stereocenters. The van der Waals surface area contributed by atoms with E-state index in [0.29, 0.717) is 5.88 Å². The van der Waals surface area contributed by atoms with Gasteiger partial charge in [-0.2, -0.15) is 0 Å². The van der Waals surface area contributed by atoms with Gasteiger partial charge in [0, 0.05) is 18.0 Å². The maximum atomic E-state index is 10.9. The van der Waals surface area contributed by atoms with Crippen LogP contribution in [0.3, 0.4) is 0 Å². The molecule has 0 aliphatic heterocycles. The van der Waals surface area contributed by atoms with Crippen LogP contribution >= 0.6 is 0 Å². The van der Waals surface area contributed by atoms with Crippen LogP contribution in [-0.2, 0) is 0 Å². The zero-order valence-electron chi connectivity index (χ0n) is 9.12. The third-order valence-electron chi connectivity index (χ3n) is 2.05. The highest BCUT2D eigenvalue weighted by Crippen LogP contribution is 2.22. The lowest BCUT2D eigenvalue weighted by Crippen LogP contribution is -2.03.